The highest BCUT2D eigenvalue weighted by molar-refractivity contribution is 9.10. The van der Waals surface area contributed by atoms with Crippen LogP contribution in [0.3, 0.4) is 0 Å². The van der Waals surface area contributed by atoms with Crippen molar-refractivity contribution in [3.8, 4) is 5.75 Å². The van der Waals surface area contributed by atoms with Gasteiger partial charge in [-0.1, -0.05) is 12.1 Å². The standard InChI is InChI=1S/C17H24BrNO4/c1-2-22-17(21)13-6-5-9-19(10-13)11-14(20)12-23-16-8-4-3-7-15(16)18/h3-4,7-8,13-14,20H,2,5-6,9-12H2,1H3/t13-,14-/m1/s1. The van der Waals surface area contributed by atoms with Crippen molar-refractivity contribution in [1.82, 2.24) is 4.90 Å². The van der Waals surface area contributed by atoms with Crippen LogP contribution in [0.5, 0.6) is 5.75 Å². The van der Waals surface area contributed by atoms with Crippen LogP contribution in [-0.2, 0) is 9.53 Å². The zero-order valence-electron chi connectivity index (χ0n) is 13.4. The van der Waals surface area contributed by atoms with Crippen molar-refractivity contribution in [3.05, 3.63) is 28.7 Å². The fourth-order valence-corrected chi connectivity index (χ4v) is 3.17. The number of rotatable bonds is 7. The van der Waals surface area contributed by atoms with Gasteiger partial charge in [0, 0.05) is 13.1 Å². The third-order valence-electron chi connectivity index (χ3n) is 3.86. The number of hydrogen-bond acceptors (Lipinski definition) is 5. The summed E-state index contributed by atoms with van der Waals surface area (Å²) in [4.78, 5) is 13.9. The second kappa shape index (κ2) is 9.25. The summed E-state index contributed by atoms with van der Waals surface area (Å²) in [6.45, 7) is 4.50. The lowest BCUT2D eigenvalue weighted by atomic mass is 9.98. The van der Waals surface area contributed by atoms with E-state index in [4.69, 9.17) is 9.47 Å². The van der Waals surface area contributed by atoms with Gasteiger partial charge in [0.05, 0.1) is 17.0 Å². The van der Waals surface area contributed by atoms with Gasteiger partial charge in [-0.3, -0.25) is 9.69 Å². The second-order valence-electron chi connectivity index (χ2n) is 5.75. The number of para-hydroxylation sites is 1. The Bertz CT molecular complexity index is 511. The minimum Gasteiger partial charge on any atom is -0.490 e. The fourth-order valence-electron chi connectivity index (χ4n) is 2.77. The number of carbonyl (C=O) groups is 1. The average molecular weight is 386 g/mol. The molecule has 1 aliphatic rings. The van der Waals surface area contributed by atoms with E-state index < -0.39 is 6.10 Å². The molecule has 0 radical (unpaired) electrons. The van der Waals surface area contributed by atoms with Gasteiger partial charge < -0.3 is 14.6 Å². The Hall–Kier alpha value is -1.11. The average Bonchev–Trinajstić information content (AvgIpc) is 2.54. The van der Waals surface area contributed by atoms with Crippen molar-refractivity contribution in [2.75, 3.05) is 32.8 Å². The van der Waals surface area contributed by atoms with Crippen molar-refractivity contribution >= 4 is 21.9 Å². The van der Waals surface area contributed by atoms with Crippen molar-refractivity contribution < 1.29 is 19.4 Å². The van der Waals surface area contributed by atoms with Crippen molar-refractivity contribution in [2.24, 2.45) is 5.92 Å². The molecule has 1 aromatic rings. The van der Waals surface area contributed by atoms with E-state index >= 15 is 0 Å². The zero-order valence-corrected chi connectivity index (χ0v) is 15.0. The summed E-state index contributed by atoms with van der Waals surface area (Å²) in [6, 6.07) is 7.56. The molecule has 1 aliphatic heterocycles. The van der Waals surface area contributed by atoms with Gasteiger partial charge in [-0.25, -0.2) is 0 Å². The summed E-state index contributed by atoms with van der Waals surface area (Å²) in [5.74, 6) is 0.505. The maximum atomic E-state index is 11.8. The number of β-amino-alcohol motifs (C(OH)–C–C–N with tert-alkyl or cyclic N) is 1. The molecule has 0 unspecified atom stereocenters. The number of likely N-dealkylation sites (tertiary alicyclic amines) is 1. The molecular formula is C17H24BrNO4. The highest BCUT2D eigenvalue weighted by Gasteiger charge is 2.27. The molecule has 1 aromatic carbocycles. The largest absolute Gasteiger partial charge is 0.490 e. The van der Waals surface area contributed by atoms with Gasteiger partial charge in [0.25, 0.3) is 0 Å². The third-order valence-corrected chi connectivity index (χ3v) is 4.52. The highest BCUT2D eigenvalue weighted by Crippen LogP contribution is 2.24. The van der Waals surface area contributed by atoms with Gasteiger partial charge >= 0.3 is 5.97 Å². The molecule has 0 aromatic heterocycles. The summed E-state index contributed by atoms with van der Waals surface area (Å²) < 4.78 is 11.6. The van der Waals surface area contributed by atoms with Crippen molar-refractivity contribution in [3.63, 3.8) is 0 Å². The molecule has 0 bridgehead atoms. The molecular weight excluding hydrogens is 362 g/mol. The number of hydrogen-bond donors (Lipinski definition) is 1. The number of halogens is 1. The number of carbonyl (C=O) groups excluding carboxylic acids is 1. The van der Waals surface area contributed by atoms with E-state index in [2.05, 4.69) is 20.8 Å². The number of esters is 1. The maximum Gasteiger partial charge on any atom is 0.310 e. The molecule has 1 heterocycles. The number of ether oxygens (including phenoxy) is 2. The van der Waals surface area contributed by atoms with Gasteiger partial charge in [-0.2, -0.15) is 0 Å². The number of aliphatic hydroxyl groups excluding tert-OH is 1. The fraction of sp³-hybridized carbons (Fsp3) is 0.588. The SMILES string of the molecule is CCOC(=O)[C@@H]1CCCN(C[C@@H](O)COc2ccccc2Br)C1. The molecule has 6 heteroatoms. The summed E-state index contributed by atoms with van der Waals surface area (Å²) >= 11 is 3.41. The van der Waals surface area contributed by atoms with E-state index in [1.807, 2.05) is 31.2 Å². The Labute approximate surface area is 145 Å². The third kappa shape index (κ3) is 5.79. The molecule has 0 aliphatic carbocycles. The molecule has 1 saturated heterocycles. The summed E-state index contributed by atoms with van der Waals surface area (Å²) in [6.07, 6.45) is 1.21. The smallest absolute Gasteiger partial charge is 0.310 e. The molecule has 23 heavy (non-hydrogen) atoms. The first-order valence-corrected chi connectivity index (χ1v) is 8.83. The minimum absolute atomic E-state index is 0.0833. The van der Waals surface area contributed by atoms with Gasteiger partial charge in [0.15, 0.2) is 0 Å². The van der Waals surface area contributed by atoms with Crippen LogP contribution < -0.4 is 4.74 Å². The predicted molar refractivity (Wildman–Crippen MR) is 91.4 cm³/mol. The minimum atomic E-state index is -0.594. The van der Waals surface area contributed by atoms with Gasteiger partial charge in [-0.15, -0.1) is 0 Å². The Balaban J connectivity index is 1.77. The summed E-state index contributed by atoms with van der Waals surface area (Å²) in [5.41, 5.74) is 0. The lowest BCUT2D eigenvalue weighted by Gasteiger charge is -2.32. The molecule has 0 amide bonds. The molecule has 5 nitrogen and oxygen atoms in total. The van der Waals surface area contributed by atoms with Crippen molar-refractivity contribution in [1.29, 1.82) is 0 Å². The normalized spacial score (nSPS) is 20.0. The van der Waals surface area contributed by atoms with Gasteiger partial charge in [0.1, 0.15) is 18.5 Å². The van der Waals surface area contributed by atoms with E-state index in [1.165, 1.54) is 0 Å². The van der Waals surface area contributed by atoms with Gasteiger partial charge in [-0.05, 0) is 54.4 Å². The summed E-state index contributed by atoms with van der Waals surface area (Å²) in [5, 5.41) is 10.2. The van der Waals surface area contributed by atoms with Crippen LogP contribution in [0.2, 0.25) is 0 Å². The molecule has 1 N–H and O–H groups in total. The lowest BCUT2D eigenvalue weighted by Crippen LogP contribution is -2.44. The van der Waals surface area contributed by atoms with Crippen LogP contribution in [0, 0.1) is 5.92 Å². The first-order chi connectivity index (χ1) is 11.1. The lowest BCUT2D eigenvalue weighted by molar-refractivity contribution is -0.150. The van der Waals surface area contributed by atoms with Crippen LogP contribution in [0.15, 0.2) is 28.7 Å². The Morgan fingerprint density at radius 2 is 2.26 bits per heavy atom. The number of piperidine rings is 1. The Morgan fingerprint density at radius 3 is 3.00 bits per heavy atom. The molecule has 2 atom stereocenters. The van der Waals surface area contributed by atoms with Crippen LogP contribution in [0.4, 0.5) is 0 Å². The second-order valence-corrected chi connectivity index (χ2v) is 6.60. The predicted octanol–water partition coefficient (Wildman–Crippen LogP) is 2.46. The number of aliphatic hydroxyl groups is 1. The molecule has 1 fully saturated rings. The molecule has 128 valence electrons. The van der Waals surface area contributed by atoms with Crippen molar-refractivity contribution in [2.45, 2.75) is 25.9 Å². The molecule has 0 spiro atoms. The molecule has 0 saturated carbocycles. The highest BCUT2D eigenvalue weighted by atomic mass is 79.9. The van der Waals surface area contributed by atoms with Crippen LogP contribution >= 0.6 is 15.9 Å². The maximum absolute atomic E-state index is 11.8. The summed E-state index contributed by atoms with van der Waals surface area (Å²) in [7, 11) is 0. The van der Waals surface area contributed by atoms with Gasteiger partial charge in [0.2, 0.25) is 0 Å². The quantitative estimate of drug-likeness (QED) is 0.730. The first kappa shape index (κ1) is 18.2. The van der Waals surface area contributed by atoms with Crippen LogP contribution in [0.25, 0.3) is 0 Å². The number of benzene rings is 1. The Kier molecular flexibility index (Phi) is 7.33. The van der Waals surface area contributed by atoms with E-state index in [9.17, 15) is 9.90 Å². The topological polar surface area (TPSA) is 59.0 Å². The van der Waals surface area contributed by atoms with E-state index in [0.29, 0.717) is 19.7 Å². The van der Waals surface area contributed by atoms with Crippen LogP contribution in [0.1, 0.15) is 19.8 Å². The monoisotopic (exact) mass is 385 g/mol. The zero-order chi connectivity index (χ0) is 16.7. The van der Waals surface area contributed by atoms with E-state index in [1.54, 1.807) is 0 Å². The van der Waals surface area contributed by atoms with Crippen LogP contribution in [-0.4, -0.2) is 54.9 Å². The van der Waals surface area contributed by atoms with E-state index in [-0.39, 0.29) is 18.5 Å². The van der Waals surface area contributed by atoms with E-state index in [0.717, 1.165) is 29.6 Å². The first-order valence-electron chi connectivity index (χ1n) is 8.04. The number of nitrogens with zero attached hydrogens (tertiary/aromatic N) is 1. The molecule has 2 rings (SSSR count). The Morgan fingerprint density at radius 1 is 1.48 bits per heavy atom.